The Kier molecular flexibility index (Phi) is 5.65. The van der Waals surface area contributed by atoms with Gasteiger partial charge in [0.25, 0.3) is 0 Å². The van der Waals surface area contributed by atoms with Gasteiger partial charge in [0.1, 0.15) is 6.79 Å². The third kappa shape index (κ3) is 4.38. The smallest absolute Gasteiger partial charge is 0.227 e. The van der Waals surface area contributed by atoms with Gasteiger partial charge in [0.2, 0.25) is 5.91 Å². The molecule has 0 bridgehead atoms. The molecule has 2 saturated carbocycles. The van der Waals surface area contributed by atoms with Gasteiger partial charge in [-0.15, -0.1) is 0 Å². The van der Waals surface area contributed by atoms with Crippen LogP contribution >= 0.6 is 0 Å². The number of aliphatic hydroxyl groups is 1. The Morgan fingerprint density at radius 2 is 1.85 bits per heavy atom. The van der Waals surface area contributed by atoms with Crippen molar-refractivity contribution < 1.29 is 14.7 Å². The van der Waals surface area contributed by atoms with Crippen LogP contribution in [-0.2, 0) is 15.2 Å². The van der Waals surface area contributed by atoms with Crippen LogP contribution in [0.4, 0.5) is 5.69 Å². The first-order valence-electron chi connectivity index (χ1n) is 9.77. The first kappa shape index (κ1) is 19.5. The number of carbonyl (C=O) groups is 2. The van der Waals surface area contributed by atoms with Crippen LogP contribution in [0.2, 0.25) is 0 Å². The first-order valence-corrected chi connectivity index (χ1v) is 9.77. The molecule has 6 nitrogen and oxygen atoms in total. The van der Waals surface area contributed by atoms with Gasteiger partial charge in [0, 0.05) is 28.8 Å². The molecule has 1 amide bonds. The number of rotatable bonds is 4. The third-order valence-electron chi connectivity index (χ3n) is 5.48. The average molecular weight is 371 g/mol. The van der Waals surface area contributed by atoms with Crippen LogP contribution in [0.3, 0.4) is 0 Å². The highest BCUT2D eigenvalue weighted by atomic mass is 16.3. The summed E-state index contributed by atoms with van der Waals surface area (Å²) in [4.78, 5) is 20.2. The number of carbonyl (C=O) groups excluding carboxylic acids is 2. The second-order valence-electron chi connectivity index (χ2n) is 8.18. The Bertz CT molecular complexity index is 812. The Morgan fingerprint density at radius 3 is 2.44 bits per heavy atom. The maximum atomic E-state index is 12.2. The molecule has 2 aliphatic rings. The number of nitrogens with one attached hydrogen (secondary N) is 1. The number of benzene rings is 1. The minimum atomic E-state index is -1.03. The number of anilines is 1. The van der Waals surface area contributed by atoms with Gasteiger partial charge < -0.3 is 15.2 Å². The molecule has 4 rings (SSSR count). The topological polar surface area (TPSA) is 84.2 Å². The van der Waals surface area contributed by atoms with Crippen molar-refractivity contribution in [2.24, 2.45) is 5.92 Å². The molecule has 2 N–H and O–H groups in total. The molecule has 2 aromatic rings. The first-order chi connectivity index (χ1) is 12.9. The summed E-state index contributed by atoms with van der Waals surface area (Å²) in [5, 5.41) is 19.4. The molecule has 0 atom stereocenters. The van der Waals surface area contributed by atoms with Crippen LogP contribution in [0, 0.1) is 5.92 Å². The molecule has 0 radical (unpaired) electrons. The summed E-state index contributed by atoms with van der Waals surface area (Å²) in [5.41, 5.74) is 1.28. The Labute approximate surface area is 159 Å². The van der Waals surface area contributed by atoms with Gasteiger partial charge in [-0.3, -0.25) is 9.48 Å². The van der Waals surface area contributed by atoms with E-state index in [1.165, 1.54) is 32.1 Å². The van der Waals surface area contributed by atoms with E-state index >= 15 is 0 Å². The van der Waals surface area contributed by atoms with Crippen molar-refractivity contribution in [2.45, 2.75) is 70.4 Å². The minimum Gasteiger partial charge on any atom is -0.386 e. The summed E-state index contributed by atoms with van der Waals surface area (Å²) >= 11 is 0. The summed E-state index contributed by atoms with van der Waals surface area (Å²) in [6.45, 7) is 5.50. The fourth-order valence-electron chi connectivity index (χ4n) is 3.81. The minimum absolute atomic E-state index is 0.0597. The van der Waals surface area contributed by atoms with Gasteiger partial charge in [0.05, 0.1) is 17.2 Å². The predicted octanol–water partition coefficient (Wildman–Crippen LogP) is 3.93. The quantitative estimate of drug-likeness (QED) is 0.853. The normalized spacial score (nSPS) is 18.0. The van der Waals surface area contributed by atoms with Crippen molar-refractivity contribution in [2.75, 3.05) is 5.32 Å². The molecule has 2 fully saturated rings. The molecule has 0 aliphatic heterocycles. The monoisotopic (exact) mass is 371 g/mol. The fourth-order valence-corrected chi connectivity index (χ4v) is 3.81. The summed E-state index contributed by atoms with van der Waals surface area (Å²) < 4.78 is 2.09. The number of fused-ring (bicyclic) bond motifs is 1. The van der Waals surface area contributed by atoms with E-state index in [1.54, 1.807) is 13.8 Å². The van der Waals surface area contributed by atoms with Crippen molar-refractivity contribution in [3.63, 3.8) is 0 Å². The van der Waals surface area contributed by atoms with Crippen molar-refractivity contribution in [1.29, 1.82) is 0 Å². The van der Waals surface area contributed by atoms with Crippen molar-refractivity contribution in [1.82, 2.24) is 9.78 Å². The van der Waals surface area contributed by atoms with E-state index in [0.29, 0.717) is 11.7 Å². The molecule has 1 aromatic heterocycles. The molecule has 27 heavy (non-hydrogen) atoms. The van der Waals surface area contributed by atoms with E-state index in [1.807, 2.05) is 18.9 Å². The lowest BCUT2D eigenvalue weighted by atomic mass is 9.95. The Balaban J connectivity index is 0.00000102. The SMILES string of the molecule is C=O.CC(C)(O)c1cc2nn(C3CCCCC3)cc2cc1NC(=O)C1CC1. The zero-order valence-electron chi connectivity index (χ0n) is 16.2. The van der Waals surface area contributed by atoms with Gasteiger partial charge >= 0.3 is 0 Å². The molecule has 146 valence electrons. The van der Waals surface area contributed by atoms with E-state index in [4.69, 9.17) is 9.89 Å². The number of aromatic nitrogens is 2. The molecule has 0 unspecified atom stereocenters. The van der Waals surface area contributed by atoms with Crippen molar-refractivity contribution >= 4 is 29.3 Å². The predicted molar refractivity (Wildman–Crippen MR) is 106 cm³/mol. The summed E-state index contributed by atoms with van der Waals surface area (Å²) in [6.07, 6.45) is 10.2. The third-order valence-corrected chi connectivity index (χ3v) is 5.48. The van der Waals surface area contributed by atoms with Crippen molar-refractivity contribution in [3.8, 4) is 0 Å². The number of hydrogen-bond donors (Lipinski definition) is 2. The van der Waals surface area contributed by atoms with Crippen LogP contribution < -0.4 is 5.32 Å². The highest BCUT2D eigenvalue weighted by molar-refractivity contribution is 5.97. The number of hydrogen-bond acceptors (Lipinski definition) is 4. The lowest BCUT2D eigenvalue weighted by molar-refractivity contribution is -0.117. The second-order valence-corrected chi connectivity index (χ2v) is 8.18. The maximum Gasteiger partial charge on any atom is 0.227 e. The lowest BCUT2D eigenvalue weighted by Crippen LogP contribution is -2.21. The molecular weight excluding hydrogens is 342 g/mol. The van der Waals surface area contributed by atoms with Gasteiger partial charge in [-0.1, -0.05) is 19.3 Å². The summed E-state index contributed by atoms with van der Waals surface area (Å²) in [5.74, 6) is 0.194. The molecule has 6 heteroatoms. The van der Waals surface area contributed by atoms with Crippen molar-refractivity contribution in [3.05, 3.63) is 23.9 Å². The van der Waals surface area contributed by atoms with Crippen LogP contribution in [-0.4, -0.2) is 27.6 Å². The Hall–Kier alpha value is -2.21. The largest absolute Gasteiger partial charge is 0.386 e. The fraction of sp³-hybridized carbons (Fsp3) is 0.571. The zero-order chi connectivity index (χ0) is 19.6. The van der Waals surface area contributed by atoms with E-state index in [0.717, 1.165) is 29.3 Å². The van der Waals surface area contributed by atoms with Crippen LogP contribution in [0.25, 0.3) is 10.9 Å². The highest BCUT2D eigenvalue weighted by Crippen LogP contribution is 2.36. The molecule has 1 heterocycles. The zero-order valence-corrected chi connectivity index (χ0v) is 16.2. The second kappa shape index (κ2) is 7.80. The molecule has 1 aromatic carbocycles. The Morgan fingerprint density at radius 1 is 1.19 bits per heavy atom. The van der Waals surface area contributed by atoms with E-state index in [2.05, 4.69) is 16.2 Å². The maximum absolute atomic E-state index is 12.2. The summed E-state index contributed by atoms with van der Waals surface area (Å²) in [6, 6.07) is 4.36. The lowest BCUT2D eigenvalue weighted by Gasteiger charge is -2.22. The molecule has 0 saturated heterocycles. The van der Waals surface area contributed by atoms with Gasteiger partial charge in [-0.2, -0.15) is 5.10 Å². The van der Waals surface area contributed by atoms with Crippen LogP contribution in [0.1, 0.15) is 70.4 Å². The number of amides is 1. The standard InChI is InChI=1S/C20H27N3O2.CH2O/c1-20(2,25)16-11-17-14(10-18(16)21-19(24)13-8-9-13)12-23(22-17)15-6-4-3-5-7-15;1-2/h10-13,15,25H,3-9H2,1-2H3,(H,21,24);1H2. The average Bonchev–Trinajstić information content (AvgIpc) is 3.42. The molecule has 2 aliphatic carbocycles. The number of nitrogens with zero attached hydrogens (tertiary/aromatic N) is 2. The van der Waals surface area contributed by atoms with E-state index in [9.17, 15) is 9.90 Å². The molecule has 0 spiro atoms. The van der Waals surface area contributed by atoms with Crippen LogP contribution in [0.5, 0.6) is 0 Å². The summed E-state index contributed by atoms with van der Waals surface area (Å²) in [7, 11) is 0. The van der Waals surface area contributed by atoms with Crippen LogP contribution in [0.15, 0.2) is 18.3 Å². The van der Waals surface area contributed by atoms with Gasteiger partial charge in [-0.25, -0.2) is 0 Å². The van der Waals surface area contributed by atoms with Gasteiger partial charge in [-0.05, 0) is 51.7 Å². The molecular formula is C21H29N3O3. The van der Waals surface area contributed by atoms with E-state index < -0.39 is 5.60 Å². The van der Waals surface area contributed by atoms with E-state index in [-0.39, 0.29) is 11.8 Å². The highest BCUT2D eigenvalue weighted by Gasteiger charge is 2.31. The van der Waals surface area contributed by atoms with Gasteiger partial charge in [0.15, 0.2) is 0 Å².